The second kappa shape index (κ2) is 9.75. The summed E-state index contributed by atoms with van der Waals surface area (Å²) in [5, 5.41) is 42.4. The van der Waals surface area contributed by atoms with E-state index in [1.54, 1.807) is 12.1 Å². The maximum absolute atomic E-state index is 11.2. The maximum Gasteiger partial charge on any atom is 0.122 e. The van der Waals surface area contributed by atoms with Crippen LogP contribution in [-0.2, 0) is 19.3 Å². The van der Waals surface area contributed by atoms with E-state index in [0.29, 0.717) is 19.3 Å². The number of hydrogen-bond donors (Lipinski definition) is 4. The normalized spacial score (nSPS) is 11.1. The Kier molecular flexibility index (Phi) is 6.74. The van der Waals surface area contributed by atoms with Crippen molar-refractivity contribution >= 4 is 0 Å². The molecule has 0 amide bonds. The van der Waals surface area contributed by atoms with E-state index in [4.69, 9.17) is 0 Å². The van der Waals surface area contributed by atoms with Crippen LogP contribution in [0.1, 0.15) is 55.6 Å². The molecule has 0 aromatic heterocycles. The molecule has 0 aliphatic rings. The molecule has 0 radical (unpaired) electrons. The molecule has 0 saturated carbocycles. The minimum Gasteiger partial charge on any atom is -0.508 e. The molecule has 4 N–H and O–H groups in total. The van der Waals surface area contributed by atoms with Crippen LogP contribution >= 0.6 is 0 Å². The number of rotatable bonds is 6. The first-order valence-corrected chi connectivity index (χ1v) is 11.8. The van der Waals surface area contributed by atoms with Crippen LogP contribution in [0.3, 0.4) is 0 Å². The summed E-state index contributed by atoms with van der Waals surface area (Å²) in [7, 11) is 0. The number of phenols is 4. The molecule has 4 nitrogen and oxygen atoms in total. The van der Waals surface area contributed by atoms with Gasteiger partial charge < -0.3 is 20.4 Å². The average molecular weight is 469 g/mol. The molecule has 0 spiro atoms. The summed E-state index contributed by atoms with van der Waals surface area (Å²) in [5.74, 6) is 0.914. The Morgan fingerprint density at radius 2 is 0.771 bits per heavy atom. The summed E-state index contributed by atoms with van der Waals surface area (Å²) < 4.78 is 0. The van der Waals surface area contributed by atoms with Gasteiger partial charge in [-0.05, 0) is 84.3 Å². The molecule has 0 heterocycles. The number of phenolic OH excluding ortho intramolecular Hbond substituents is 4. The van der Waals surface area contributed by atoms with E-state index in [9.17, 15) is 20.4 Å². The lowest BCUT2D eigenvalue weighted by atomic mass is 9.91. The van der Waals surface area contributed by atoms with Crippen LogP contribution in [0.5, 0.6) is 23.0 Å². The molecule has 0 aliphatic carbocycles. The Hall–Kier alpha value is -3.92. The van der Waals surface area contributed by atoms with Gasteiger partial charge >= 0.3 is 0 Å². The lowest BCUT2D eigenvalue weighted by Gasteiger charge is -2.16. The Morgan fingerprint density at radius 1 is 0.457 bits per heavy atom. The quantitative estimate of drug-likeness (QED) is 0.260. The second-order valence-electron chi connectivity index (χ2n) is 9.52. The maximum atomic E-state index is 11.2. The minimum absolute atomic E-state index is 0.213. The van der Waals surface area contributed by atoms with Gasteiger partial charge in [-0.25, -0.2) is 0 Å². The molecule has 0 atom stereocenters. The molecule has 4 rings (SSSR count). The lowest BCUT2D eigenvalue weighted by molar-refractivity contribution is 0.455. The van der Waals surface area contributed by atoms with E-state index < -0.39 is 0 Å². The fourth-order valence-electron chi connectivity index (χ4n) is 4.75. The first-order chi connectivity index (χ1) is 16.6. The summed E-state index contributed by atoms with van der Waals surface area (Å²) in [6.45, 7) is 7.74. The topological polar surface area (TPSA) is 80.9 Å². The van der Waals surface area contributed by atoms with Crippen molar-refractivity contribution in [2.45, 2.75) is 47.0 Å². The van der Waals surface area contributed by atoms with Gasteiger partial charge in [0, 0.05) is 19.3 Å². The fraction of sp³-hybridized carbons (Fsp3) is 0.226. The number of benzene rings is 4. The van der Waals surface area contributed by atoms with Crippen molar-refractivity contribution in [3.63, 3.8) is 0 Å². The van der Waals surface area contributed by atoms with E-state index in [1.165, 1.54) is 0 Å². The van der Waals surface area contributed by atoms with Crippen LogP contribution in [0.2, 0.25) is 0 Å². The van der Waals surface area contributed by atoms with Crippen molar-refractivity contribution in [3.05, 3.63) is 116 Å². The summed E-state index contributed by atoms with van der Waals surface area (Å²) in [6.07, 6.45) is 1.39. The first kappa shape index (κ1) is 24.2. The van der Waals surface area contributed by atoms with Gasteiger partial charge in [-0.15, -0.1) is 0 Å². The van der Waals surface area contributed by atoms with Gasteiger partial charge in [0.25, 0.3) is 0 Å². The monoisotopic (exact) mass is 468 g/mol. The summed E-state index contributed by atoms with van der Waals surface area (Å²) in [5.41, 5.74) is 8.64. The minimum atomic E-state index is 0.213. The molecule has 4 aromatic carbocycles. The Morgan fingerprint density at radius 3 is 1.11 bits per heavy atom. The standard InChI is InChI=1S/C31H32O4/c1-18-11-24(15-22-7-5-9-28(32)20(22)3)30(34)26(13-18)17-27-14-19(2)12-25(31(27)35)16-23-8-6-10-29(33)21(23)4/h5-14,32-35H,15-17H2,1-4H3. The van der Waals surface area contributed by atoms with Crippen LogP contribution in [0.15, 0.2) is 60.7 Å². The molecule has 180 valence electrons. The van der Waals surface area contributed by atoms with Crippen molar-refractivity contribution < 1.29 is 20.4 Å². The molecule has 4 aromatic rings. The highest BCUT2D eigenvalue weighted by atomic mass is 16.3. The summed E-state index contributed by atoms with van der Waals surface area (Å²) in [6, 6.07) is 18.7. The molecule has 35 heavy (non-hydrogen) atoms. The fourth-order valence-corrected chi connectivity index (χ4v) is 4.75. The van der Waals surface area contributed by atoms with E-state index in [-0.39, 0.29) is 23.0 Å². The molecule has 0 fully saturated rings. The van der Waals surface area contributed by atoms with Crippen molar-refractivity contribution in [3.8, 4) is 23.0 Å². The van der Waals surface area contributed by atoms with Gasteiger partial charge in [0.15, 0.2) is 0 Å². The zero-order valence-electron chi connectivity index (χ0n) is 20.7. The Labute approximate surface area is 206 Å². The van der Waals surface area contributed by atoms with Crippen molar-refractivity contribution in [2.75, 3.05) is 0 Å². The third-order valence-corrected chi connectivity index (χ3v) is 6.80. The largest absolute Gasteiger partial charge is 0.508 e. The molecule has 4 heteroatoms. The highest BCUT2D eigenvalue weighted by molar-refractivity contribution is 5.53. The first-order valence-electron chi connectivity index (χ1n) is 11.8. The van der Waals surface area contributed by atoms with Gasteiger partial charge in [0.05, 0.1) is 0 Å². The summed E-state index contributed by atoms with van der Waals surface area (Å²) >= 11 is 0. The lowest BCUT2D eigenvalue weighted by Crippen LogP contribution is -2.00. The number of hydrogen-bond acceptors (Lipinski definition) is 4. The van der Waals surface area contributed by atoms with Gasteiger partial charge in [-0.1, -0.05) is 59.7 Å². The van der Waals surface area contributed by atoms with E-state index >= 15 is 0 Å². The molecule has 0 bridgehead atoms. The van der Waals surface area contributed by atoms with Crippen molar-refractivity contribution in [1.29, 1.82) is 0 Å². The average Bonchev–Trinajstić information content (AvgIpc) is 2.80. The predicted octanol–water partition coefficient (Wildman–Crippen LogP) is 6.52. The third-order valence-electron chi connectivity index (χ3n) is 6.80. The molecular formula is C31H32O4. The van der Waals surface area contributed by atoms with Crippen molar-refractivity contribution in [1.82, 2.24) is 0 Å². The second-order valence-corrected chi connectivity index (χ2v) is 9.52. The molecule has 0 saturated heterocycles. The van der Waals surface area contributed by atoms with Crippen LogP contribution in [0, 0.1) is 27.7 Å². The smallest absolute Gasteiger partial charge is 0.122 e. The Bertz CT molecular complexity index is 1290. The molecule has 0 aliphatic heterocycles. The number of aromatic hydroxyl groups is 4. The number of aryl methyl sites for hydroxylation is 2. The van der Waals surface area contributed by atoms with E-state index in [1.807, 2.05) is 76.2 Å². The van der Waals surface area contributed by atoms with E-state index in [2.05, 4.69) is 0 Å². The van der Waals surface area contributed by atoms with Crippen LogP contribution in [0.25, 0.3) is 0 Å². The van der Waals surface area contributed by atoms with Gasteiger partial charge in [0.1, 0.15) is 23.0 Å². The summed E-state index contributed by atoms with van der Waals surface area (Å²) in [4.78, 5) is 0. The van der Waals surface area contributed by atoms with Crippen LogP contribution in [-0.4, -0.2) is 20.4 Å². The highest BCUT2D eigenvalue weighted by Gasteiger charge is 2.16. The van der Waals surface area contributed by atoms with Gasteiger partial charge in [-0.3, -0.25) is 0 Å². The molecular weight excluding hydrogens is 436 g/mol. The van der Waals surface area contributed by atoms with Gasteiger partial charge in [-0.2, -0.15) is 0 Å². The SMILES string of the molecule is Cc1cc(Cc2cccc(O)c2C)c(O)c(Cc2cc(C)cc(Cc3cccc(O)c3C)c2O)c1. The van der Waals surface area contributed by atoms with Crippen molar-refractivity contribution in [2.24, 2.45) is 0 Å². The zero-order valence-corrected chi connectivity index (χ0v) is 20.7. The Balaban J connectivity index is 1.69. The van der Waals surface area contributed by atoms with E-state index in [0.717, 1.165) is 55.6 Å². The zero-order chi connectivity index (χ0) is 25.3. The molecule has 0 unspecified atom stereocenters. The highest BCUT2D eigenvalue weighted by Crippen LogP contribution is 2.35. The van der Waals surface area contributed by atoms with Crippen LogP contribution < -0.4 is 0 Å². The third kappa shape index (κ3) is 5.12. The van der Waals surface area contributed by atoms with Crippen LogP contribution in [0.4, 0.5) is 0 Å². The van der Waals surface area contributed by atoms with Gasteiger partial charge in [0.2, 0.25) is 0 Å². The predicted molar refractivity (Wildman–Crippen MR) is 140 cm³/mol.